The van der Waals surface area contributed by atoms with Crippen molar-refractivity contribution in [1.29, 1.82) is 0 Å². The molecule has 0 saturated carbocycles. The van der Waals surface area contributed by atoms with Gasteiger partial charge in [-0.1, -0.05) is 0 Å². The number of carbonyl (C=O) groups excluding carboxylic acids is 1. The summed E-state index contributed by atoms with van der Waals surface area (Å²) < 4.78 is 21.9. The molecule has 0 unspecified atom stereocenters. The fourth-order valence-electron chi connectivity index (χ4n) is 1.19. The highest BCUT2D eigenvalue weighted by Crippen LogP contribution is 2.26. The average Bonchev–Trinajstić information content (AvgIpc) is 2.29. The summed E-state index contributed by atoms with van der Waals surface area (Å²) >= 11 is 3.13. The van der Waals surface area contributed by atoms with Crippen molar-refractivity contribution < 1.29 is 23.1 Å². The topological polar surface area (TPSA) is 101 Å². The summed E-state index contributed by atoms with van der Waals surface area (Å²) in [6.45, 7) is 2.61. The highest BCUT2D eigenvalue weighted by atomic mass is 79.9. The Morgan fingerprint density at radius 2 is 1.85 bits per heavy atom. The fraction of sp³-hybridized carbons (Fsp3) is 0.333. The van der Waals surface area contributed by atoms with Crippen LogP contribution in [0.15, 0.2) is 22.7 Å². The van der Waals surface area contributed by atoms with Crippen LogP contribution in [0.5, 0.6) is 0 Å². The monoisotopic (exact) mass is 363 g/mol. The molecule has 0 aliphatic rings. The molecule has 0 saturated heterocycles. The maximum atomic E-state index is 12.0. The van der Waals surface area contributed by atoms with Crippen molar-refractivity contribution in [2.45, 2.75) is 18.6 Å². The first-order valence-corrected chi connectivity index (χ1v) is 8.19. The Bertz CT molecular complexity index is 666. The molecular weight excluding hydrogens is 350 g/mol. The molecule has 6 nitrogen and oxygen atoms in total. The molecular formula is C12H14BrNO5S. The van der Waals surface area contributed by atoms with Crippen molar-refractivity contribution in [3.63, 3.8) is 0 Å². The largest absolute Gasteiger partial charge is 0.478 e. The van der Waals surface area contributed by atoms with Gasteiger partial charge >= 0.3 is 5.97 Å². The lowest BCUT2D eigenvalue weighted by Gasteiger charge is -2.21. The molecule has 1 amide bonds. The highest BCUT2D eigenvalue weighted by molar-refractivity contribution is 9.10. The second-order valence-electron chi connectivity index (χ2n) is 4.74. The van der Waals surface area contributed by atoms with Crippen LogP contribution < -0.4 is 5.32 Å². The lowest BCUT2D eigenvalue weighted by molar-refractivity contribution is -0.117. The van der Waals surface area contributed by atoms with Crippen LogP contribution in [-0.2, 0) is 14.6 Å². The van der Waals surface area contributed by atoms with E-state index in [0.717, 1.165) is 6.26 Å². The van der Waals surface area contributed by atoms with E-state index >= 15 is 0 Å². The van der Waals surface area contributed by atoms with Gasteiger partial charge in [-0.2, -0.15) is 0 Å². The van der Waals surface area contributed by atoms with Crippen LogP contribution in [0.2, 0.25) is 0 Å². The number of halogens is 1. The van der Waals surface area contributed by atoms with Gasteiger partial charge in [-0.15, -0.1) is 0 Å². The number of rotatable bonds is 4. The van der Waals surface area contributed by atoms with E-state index in [9.17, 15) is 18.0 Å². The second kappa shape index (κ2) is 5.53. The molecule has 0 fully saturated rings. The van der Waals surface area contributed by atoms with Crippen LogP contribution in [0.25, 0.3) is 0 Å². The Morgan fingerprint density at radius 1 is 1.30 bits per heavy atom. The third kappa shape index (κ3) is 3.37. The first-order chi connectivity index (χ1) is 8.96. The minimum atomic E-state index is -3.58. The molecule has 1 aromatic carbocycles. The van der Waals surface area contributed by atoms with Crippen molar-refractivity contribution >= 4 is 43.3 Å². The average molecular weight is 364 g/mol. The standard InChI is InChI=1S/C12H14BrNO5S/c1-12(2,20(3,18)19)11(17)14-9-5-4-7(10(15)16)6-8(9)13/h4-6H,1-3H3,(H,14,17)(H,15,16). The van der Waals surface area contributed by atoms with Gasteiger partial charge in [-0.3, -0.25) is 4.79 Å². The number of nitrogens with one attached hydrogen (secondary N) is 1. The Kier molecular flexibility index (Phi) is 4.60. The number of benzene rings is 1. The van der Waals surface area contributed by atoms with Crippen LogP contribution in [-0.4, -0.2) is 36.4 Å². The number of anilines is 1. The zero-order valence-corrected chi connectivity index (χ0v) is 13.5. The molecule has 0 aliphatic heterocycles. The number of sulfone groups is 1. The number of aromatic carboxylic acids is 1. The van der Waals surface area contributed by atoms with Gasteiger partial charge < -0.3 is 10.4 Å². The van der Waals surface area contributed by atoms with E-state index in [1.165, 1.54) is 32.0 Å². The third-order valence-corrected chi connectivity index (χ3v) is 5.63. The normalized spacial score (nSPS) is 12.0. The molecule has 1 rings (SSSR count). The van der Waals surface area contributed by atoms with Crippen LogP contribution in [0, 0.1) is 0 Å². The molecule has 0 heterocycles. The third-order valence-electron chi connectivity index (χ3n) is 2.94. The number of carbonyl (C=O) groups is 2. The Balaban J connectivity index is 3.06. The quantitative estimate of drug-likeness (QED) is 0.850. The van der Waals surface area contributed by atoms with E-state index in [0.29, 0.717) is 10.2 Å². The van der Waals surface area contributed by atoms with Gasteiger partial charge in [0, 0.05) is 10.7 Å². The molecule has 0 spiro atoms. The van der Waals surface area contributed by atoms with Gasteiger partial charge in [0.15, 0.2) is 9.84 Å². The van der Waals surface area contributed by atoms with Crippen molar-refractivity contribution in [3.05, 3.63) is 28.2 Å². The molecule has 0 atom stereocenters. The van der Waals surface area contributed by atoms with Crippen LogP contribution >= 0.6 is 15.9 Å². The van der Waals surface area contributed by atoms with Crippen molar-refractivity contribution in [2.75, 3.05) is 11.6 Å². The Labute approximate surface area is 125 Å². The fourth-order valence-corrected chi connectivity index (χ4v) is 2.06. The summed E-state index contributed by atoms with van der Waals surface area (Å²) in [6.07, 6.45) is 0.981. The summed E-state index contributed by atoms with van der Waals surface area (Å²) in [7, 11) is -3.58. The molecule has 8 heteroatoms. The first-order valence-electron chi connectivity index (χ1n) is 5.50. The number of hydrogen-bond donors (Lipinski definition) is 2. The Morgan fingerprint density at radius 3 is 2.25 bits per heavy atom. The smallest absolute Gasteiger partial charge is 0.335 e. The Hall–Kier alpha value is -1.41. The van der Waals surface area contributed by atoms with Crippen molar-refractivity contribution in [3.8, 4) is 0 Å². The molecule has 0 aliphatic carbocycles. The van der Waals surface area contributed by atoms with Crippen LogP contribution in [0.1, 0.15) is 24.2 Å². The first kappa shape index (κ1) is 16.6. The van der Waals surface area contributed by atoms with Gasteiger partial charge in [0.2, 0.25) is 5.91 Å². The lowest BCUT2D eigenvalue weighted by atomic mass is 10.1. The number of carboxylic acid groups (broad SMARTS) is 1. The van der Waals surface area contributed by atoms with E-state index in [1.54, 1.807) is 0 Å². The lowest BCUT2D eigenvalue weighted by Crippen LogP contribution is -2.43. The van der Waals surface area contributed by atoms with Gasteiger partial charge in [-0.25, -0.2) is 13.2 Å². The number of hydrogen-bond acceptors (Lipinski definition) is 4. The molecule has 0 bridgehead atoms. The summed E-state index contributed by atoms with van der Waals surface area (Å²) in [5.74, 6) is -1.79. The minimum Gasteiger partial charge on any atom is -0.478 e. The minimum absolute atomic E-state index is 0.0530. The molecule has 0 radical (unpaired) electrons. The molecule has 2 N–H and O–H groups in total. The maximum Gasteiger partial charge on any atom is 0.335 e. The van der Waals surface area contributed by atoms with E-state index in [2.05, 4.69) is 21.2 Å². The van der Waals surface area contributed by atoms with Gasteiger partial charge in [0.05, 0.1) is 11.3 Å². The van der Waals surface area contributed by atoms with E-state index < -0.39 is 26.5 Å². The highest BCUT2D eigenvalue weighted by Gasteiger charge is 2.38. The number of amides is 1. The summed E-state index contributed by atoms with van der Waals surface area (Å²) in [6, 6.07) is 4.03. The molecule has 110 valence electrons. The zero-order valence-electron chi connectivity index (χ0n) is 11.1. The van der Waals surface area contributed by atoms with Gasteiger partial charge in [-0.05, 0) is 48.0 Å². The molecule has 1 aromatic rings. The summed E-state index contributed by atoms with van der Waals surface area (Å²) in [5, 5.41) is 11.3. The SMILES string of the molecule is CC(C)(C(=O)Nc1ccc(C(=O)O)cc1Br)S(C)(=O)=O. The zero-order chi connectivity index (χ0) is 15.7. The van der Waals surface area contributed by atoms with Crippen molar-refractivity contribution in [2.24, 2.45) is 0 Å². The maximum absolute atomic E-state index is 12.0. The second-order valence-corrected chi connectivity index (χ2v) is 8.16. The van der Waals surface area contributed by atoms with Crippen LogP contribution in [0.3, 0.4) is 0 Å². The predicted octanol–water partition coefficient (Wildman–Crippen LogP) is 1.91. The van der Waals surface area contributed by atoms with E-state index in [-0.39, 0.29) is 5.56 Å². The summed E-state index contributed by atoms with van der Waals surface area (Å²) in [4.78, 5) is 22.8. The molecule has 0 aromatic heterocycles. The van der Waals surface area contributed by atoms with E-state index in [1.807, 2.05) is 0 Å². The van der Waals surface area contributed by atoms with E-state index in [4.69, 9.17) is 5.11 Å². The van der Waals surface area contributed by atoms with Gasteiger partial charge in [0.1, 0.15) is 4.75 Å². The molecule has 20 heavy (non-hydrogen) atoms. The predicted molar refractivity (Wildman–Crippen MR) is 78.7 cm³/mol. The van der Waals surface area contributed by atoms with Gasteiger partial charge in [0.25, 0.3) is 0 Å². The number of carboxylic acids is 1. The summed E-state index contributed by atoms with van der Waals surface area (Å²) in [5.41, 5.74) is 0.356. The van der Waals surface area contributed by atoms with Crippen LogP contribution in [0.4, 0.5) is 5.69 Å². The van der Waals surface area contributed by atoms with Crippen molar-refractivity contribution in [1.82, 2.24) is 0 Å².